The summed E-state index contributed by atoms with van der Waals surface area (Å²) in [5.41, 5.74) is 3.59. The number of fused-ring (bicyclic) bond motifs is 1. The van der Waals surface area contributed by atoms with Crippen LogP contribution >= 0.6 is 11.3 Å². The second-order valence-electron chi connectivity index (χ2n) is 8.34. The number of aliphatic hydroxyl groups is 1. The molecule has 1 saturated carbocycles. The molecule has 4 rings (SSSR count). The third kappa shape index (κ3) is 3.49. The van der Waals surface area contributed by atoms with Gasteiger partial charge in [0.25, 0.3) is 0 Å². The molecule has 2 heterocycles. The summed E-state index contributed by atoms with van der Waals surface area (Å²) in [4.78, 5) is 4.88. The lowest BCUT2D eigenvalue weighted by Gasteiger charge is -2.31. The van der Waals surface area contributed by atoms with Crippen molar-refractivity contribution < 1.29 is 10.2 Å². The van der Waals surface area contributed by atoms with Crippen molar-refractivity contribution >= 4 is 27.4 Å². The van der Waals surface area contributed by atoms with Crippen molar-refractivity contribution in [2.75, 3.05) is 5.32 Å². The number of benzene rings is 1. The van der Waals surface area contributed by atoms with Gasteiger partial charge in [0.1, 0.15) is 11.4 Å². The molecule has 0 radical (unpaired) electrons. The predicted octanol–water partition coefficient (Wildman–Crippen LogP) is 4.00. The van der Waals surface area contributed by atoms with Crippen LogP contribution in [0.25, 0.3) is 21.6 Å². The van der Waals surface area contributed by atoms with Gasteiger partial charge in [-0.25, -0.2) is 4.98 Å². The summed E-state index contributed by atoms with van der Waals surface area (Å²) >= 11 is 1.47. The number of aromatic hydroxyl groups is 1. The van der Waals surface area contributed by atoms with Crippen LogP contribution in [-0.2, 0) is 5.41 Å². The van der Waals surface area contributed by atoms with E-state index >= 15 is 0 Å². The Bertz CT molecular complexity index is 1000. The molecule has 0 amide bonds. The molecule has 6 nitrogen and oxygen atoms in total. The molecule has 1 fully saturated rings. The maximum atomic E-state index is 10.1. The minimum atomic E-state index is -0.202. The van der Waals surface area contributed by atoms with E-state index in [-0.39, 0.29) is 23.3 Å². The third-order valence-corrected chi connectivity index (χ3v) is 5.87. The number of aryl methyl sites for hydroxylation is 1. The van der Waals surface area contributed by atoms with E-state index in [0.717, 1.165) is 50.7 Å². The Morgan fingerprint density at radius 2 is 1.89 bits per heavy atom. The zero-order valence-corrected chi connectivity index (χ0v) is 16.8. The van der Waals surface area contributed by atoms with Crippen LogP contribution < -0.4 is 5.32 Å². The van der Waals surface area contributed by atoms with Crippen LogP contribution in [0.5, 0.6) is 5.75 Å². The molecule has 3 aromatic rings. The summed E-state index contributed by atoms with van der Waals surface area (Å²) in [7, 11) is 0. The van der Waals surface area contributed by atoms with Gasteiger partial charge in [-0.3, -0.25) is 0 Å². The van der Waals surface area contributed by atoms with Gasteiger partial charge in [0, 0.05) is 11.4 Å². The molecule has 1 aliphatic carbocycles. The highest BCUT2D eigenvalue weighted by Gasteiger charge is 2.28. The number of pyridine rings is 1. The SMILES string of the molecule is Cc1cc(-c2nnc(NC3CC(O)C3)s2)nc2c(C(C)(C)C)cc(O)cc12. The molecule has 7 heteroatoms. The number of anilines is 1. The van der Waals surface area contributed by atoms with E-state index in [0.29, 0.717) is 0 Å². The van der Waals surface area contributed by atoms with Crippen molar-refractivity contribution in [2.24, 2.45) is 0 Å². The highest BCUT2D eigenvalue weighted by molar-refractivity contribution is 7.18. The van der Waals surface area contributed by atoms with Gasteiger partial charge < -0.3 is 15.5 Å². The first-order chi connectivity index (χ1) is 12.7. The number of hydrogen-bond donors (Lipinski definition) is 3. The lowest BCUT2D eigenvalue weighted by atomic mass is 9.84. The fourth-order valence-corrected chi connectivity index (χ4v) is 4.20. The van der Waals surface area contributed by atoms with Gasteiger partial charge in [-0.1, -0.05) is 32.1 Å². The van der Waals surface area contributed by atoms with E-state index in [1.165, 1.54) is 11.3 Å². The second kappa shape index (κ2) is 6.42. The highest BCUT2D eigenvalue weighted by Crippen LogP contribution is 2.36. The van der Waals surface area contributed by atoms with Gasteiger partial charge in [-0.2, -0.15) is 0 Å². The molecule has 0 atom stereocenters. The van der Waals surface area contributed by atoms with E-state index in [2.05, 4.69) is 36.3 Å². The number of aliphatic hydroxyl groups excluding tert-OH is 1. The van der Waals surface area contributed by atoms with Crippen LogP contribution in [0.15, 0.2) is 18.2 Å². The Labute approximate surface area is 162 Å². The molecule has 27 heavy (non-hydrogen) atoms. The number of phenolic OH excluding ortho intramolecular Hbond substituents is 1. The van der Waals surface area contributed by atoms with Crippen molar-refractivity contribution in [1.29, 1.82) is 0 Å². The Hall–Kier alpha value is -2.25. The van der Waals surface area contributed by atoms with Crippen molar-refractivity contribution in [2.45, 2.75) is 58.1 Å². The fraction of sp³-hybridized carbons (Fsp3) is 0.450. The standard InChI is InChI=1S/C20H24N4O2S/c1-10-5-16(18-23-24-19(27-18)21-11-6-12(25)7-11)22-17-14(10)8-13(26)9-15(17)20(2,3)4/h5,8-9,11-12,25-26H,6-7H2,1-4H3,(H,21,24). The first-order valence-corrected chi connectivity index (χ1v) is 9.95. The smallest absolute Gasteiger partial charge is 0.206 e. The molecule has 0 unspecified atom stereocenters. The Morgan fingerprint density at radius 1 is 1.15 bits per heavy atom. The number of hydrogen-bond acceptors (Lipinski definition) is 7. The van der Waals surface area contributed by atoms with Crippen molar-refractivity contribution in [3.05, 3.63) is 29.3 Å². The van der Waals surface area contributed by atoms with Gasteiger partial charge in [0.05, 0.1) is 11.6 Å². The molecular weight excluding hydrogens is 360 g/mol. The lowest BCUT2D eigenvalue weighted by molar-refractivity contribution is 0.0836. The number of aromatic nitrogens is 3. The van der Waals surface area contributed by atoms with Crippen LogP contribution in [0.4, 0.5) is 5.13 Å². The van der Waals surface area contributed by atoms with Gasteiger partial charge in [0.2, 0.25) is 5.13 Å². The summed E-state index contributed by atoms with van der Waals surface area (Å²) in [6.45, 7) is 8.37. The van der Waals surface area contributed by atoms with Crippen LogP contribution in [0.1, 0.15) is 44.7 Å². The minimum Gasteiger partial charge on any atom is -0.508 e. The van der Waals surface area contributed by atoms with E-state index in [1.807, 2.05) is 13.0 Å². The monoisotopic (exact) mass is 384 g/mol. The van der Waals surface area contributed by atoms with Gasteiger partial charge in [0.15, 0.2) is 5.01 Å². The van der Waals surface area contributed by atoms with Crippen molar-refractivity contribution in [3.63, 3.8) is 0 Å². The summed E-state index contributed by atoms with van der Waals surface area (Å²) < 4.78 is 0. The molecule has 3 N–H and O–H groups in total. The molecule has 0 spiro atoms. The maximum absolute atomic E-state index is 10.1. The quantitative estimate of drug-likeness (QED) is 0.632. The Kier molecular flexibility index (Phi) is 4.31. The van der Waals surface area contributed by atoms with E-state index < -0.39 is 0 Å². The first-order valence-electron chi connectivity index (χ1n) is 9.14. The number of rotatable bonds is 3. The first kappa shape index (κ1) is 18.1. The highest BCUT2D eigenvalue weighted by atomic mass is 32.1. The largest absolute Gasteiger partial charge is 0.508 e. The van der Waals surface area contributed by atoms with Crippen LogP contribution in [-0.4, -0.2) is 37.5 Å². The van der Waals surface area contributed by atoms with Crippen molar-refractivity contribution in [1.82, 2.24) is 15.2 Å². The molecule has 1 aromatic carbocycles. The summed E-state index contributed by atoms with van der Waals surface area (Å²) in [6.07, 6.45) is 1.30. The van der Waals surface area contributed by atoms with Crippen LogP contribution in [0.3, 0.4) is 0 Å². The molecule has 142 valence electrons. The summed E-state index contributed by atoms with van der Waals surface area (Å²) in [5, 5.41) is 33.9. The topological polar surface area (TPSA) is 91.2 Å². The molecule has 1 aliphatic rings. The average Bonchev–Trinajstić information content (AvgIpc) is 3.01. The Balaban J connectivity index is 1.75. The number of nitrogens with one attached hydrogen (secondary N) is 1. The molecule has 2 aromatic heterocycles. The summed E-state index contributed by atoms with van der Waals surface area (Å²) in [6, 6.07) is 5.83. The predicted molar refractivity (Wildman–Crippen MR) is 108 cm³/mol. The summed E-state index contributed by atoms with van der Waals surface area (Å²) in [5.74, 6) is 0.259. The lowest BCUT2D eigenvalue weighted by Crippen LogP contribution is -2.38. The maximum Gasteiger partial charge on any atom is 0.206 e. The molecule has 0 bridgehead atoms. The molecule has 0 saturated heterocycles. The van der Waals surface area contributed by atoms with Crippen LogP contribution in [0, 0.1) is 6.92 Å². The molecule has 0 aliphatic heterocycles. The van der Waals surface area contributed by atoms with Gasteiger partial charge >= 0.3 is 0 Å². The van der Waals surface area contributed by atoms with Gasteiger partial charge in [-0.05, 0) is 54.5 Å². The second-order valence-corrected chi connectivity index (χ2v) is 9.32. The van der Waals surface area contributed by atoms with E-state index in [9.17, 15) is 10.2 Å². The fourth-order valence-electron chi connectivity index (χ4n) is 3.42. The van der Waals surface area contributed by atoms with Crippen molar-refractivity contribution in [3.8, 4) is 16.5 Å². The Morgan fingerprint density at radius 3 is 2.56 bits per heavy atom. The number of nitrogens with zero attached hydrogens (tertiary/aromatic N) is 3. The average molecular weight is 385 g/mol. The minimum absolute atomic E-state index is 0.145. The number of phenols is 1. The normalized spacial score (nSPS) is 19.9. The third-order valence-electron chi connectivity index (χ3n) is 5.00. The zero-order chi connectivity index (χ0) is 19.3. The van der Waals surface area contributed by atoms with E-state index in [1.54, 1.807) is 12.1 Å². The van der Waals surface area contributed by atoms with E-state index in [4.69, 9.17) is 4.98 Å². The zero-order valence-electron chi connectivity index (χ0n) is 15.9. The van der Waals surface area contributed by atoms with Gasteiger partial charge in [-0.15, -0.1) is 10.2 Å². The van der Waals surface area contributed by atoms with Crippen LogP contribution in [0.2, 0.25) is 0 Å². The molecular formula is C20H24N4O2S.